The van der Waals surface area contributed by atoms with E-state index in [1.165, 1.54) is 16.4 Å². The SMILES string of the molecule is O=S(=O)(c1ccc(F)cc1)N1CCN(c2cnccn2)CC1. The Morgan fingerprint density at radius 1 is 1.00 bits per heavy atom. The van der Waals surface area contributed by atoms with Crippen LogP contribution in [0.5, 0.6) is 0 Å². The van der Waals surface area contributed by atoms with Crippen molar-refractivity contribution in [3.8, 4) is 0 Å². The van der Waals surface area contributed by atoms with E-state index in [4.69, 9.17) is 0 Å². The molecule has 22 heavy (non-hydrogen) atoms. The Kier molecular flexibility index (Phi) is 4.04. The number of anilines is 1. The molecule has 0 radical (unpaired) electrons. The topological polar surface area (TPSA) is 66.4 Å². The number of rotatable bonds is 3. The molecule has 116 valence electrons. The van der Waals surface area contributed by atoms with Crippen LogP contribution in [0.15, 0.2) is 47.8 Å². The number of nitrogens with zero attached hydrogens (tertiary/aromatic N) is 4. The van der Waals surface area contributed by atoms with Gasteiger partial charge in [0, 0.05) is 38.6 Å². The second-order valence-electron chi connectivity index (χ2n) is 4.91. The monoisotopic (exact) mass is 322 g/mol. The fraction of sp³-hybridized carbons (Fsp3) is 0.286. The maximum atomic E-state index is 12.9. The summed E-state index contributed by atoms with van der Waals surface area (Å²) in [5, 5.41) is 0. The van der Waals surface area contributed by atoms with Crippen molar-refractivity contribution in [1.82, 2.24) is 14.3 Å². The first kappa shape index (κ1) is 14.9. The molecule has 8 heteroatoms. The van der Waals surface area contributed by atoms with Crippen LogP contribution >= 0.6 is 0 Å². The summed E-state index contributed by atoms with van der Waals surface area (Å²) in [6.45, 7) is 1.80. The first-order valence-corrected chi connectivity index (χ1v) is 8.28. The van der Waals surface area contributed by atoms with Crippen LogP contribution in [0.4, 0.5) is 10.2 Å². The lowest BCUT2D eigenvalue weighted by Gasteiger charge is -2.34. The summed E-state index contributed by atoms with van der Waals surface area (Å²) in [6, 6.07) is 4.89. The van der Waals surface area contributed by atoms with E-state index in [-0.39, 0.29) is 4.90 Å². The van der Waals surface area contributed by atoms with Gasteiger partial charge in [0.15, 0.2) is 0 Å². The lowest BCUT2D eigenvalue weighted by atomic mass is 10.3. The zero-order chi connectivity index (χ0) is 15.6. The highest BCUT2D eigenvalue weighted by Gasteiger charge is 2.28. The molecule has 0 unspecified atom stereocenters. The molecule has 0 atom stereocenters. The summed E-state index contributed by atoms with van der Waals surface area (Å²) in [5.41, 5.74) is 0. The largest absolute Gasteiger partial charge is 0.353 e. The van der Waals surface area contributed by atoms with Crippen LogP contribution in [0.25, 0.3) is 0 Å². The minimum absolute atomic E-state index is 0.113. The van der Waals surface area contributed by atoms with Crippen molar-refractivity contribution in [3.05, 3.63) is 48.7 Å². The van der Waals surface area contributed by atoms with E-state index >= 15 is 0 Å². The smallest absolute Gasteiger partial charge is 0.243 e. The Bertz CT molecular complexity index is 729. The summed E-state index contributed by atoms with van der Waals surface area (Å²) >= 11 is 0. The molecular weight excluding hydrogens is 307 g/mol. The van der Waals surface area contributed by atoms with Crippen LogP contribution in [0.1, 0.15) is 0 Å². The average Bonchev–Trinajstić information content (AvgIpc) is 2.56. The van der Waals surface area contributed by atoms with E-state index in [1.54, 1.807) is 18.6 Å². The normalized spacial score (nSPS) is 16.7. The van der Waals surface area contributed by atoms with Crippen LogP contribution < -0.4 is 4.90 Å². The van der Waals surface area contributed by atoms with Crippen LogP contribution in [0, 0.1) is 5.82 Å². The lowest BCUT2D eigenvalue weighted by molar-refractivity contribution is 0.383. The minimum atomic E-state index is -3.58. The Labute approximate surface area is 128 Å². The lowest BCUT2D eigenvalue weighted by Crippen LogP contribution is -2.48. The maximum absolute atomic E-state index is 12.9. The molecule has 1 aliphatic rings. The number of piperazine rings is 1. The fourth-order valence-electron chi connectivity index (χ4n) is 2.37. The van der Waals surface area contributed by atoms with Gasteiger partial charge in [-0.1, -0.05) is 0 Å². The third-order valence-corrected chi connectivity index (χ3v) is 5.48. The van der Waals surface area contributed by atoms with Crippen molar-refractivity contribution in [1.29, 1.82) is 0 Å². The quantitative estimate of drug-likeness (QED) is 0.847. The number of aromatic nitrogens is 2. The molecule has 1 saturated heterocycles. The number of sulfonamides is 1. The van der Waals surface area contributed by atoms with Gasteiger partial charge < -0.3 is 4.90 Å². The third-order valence-electron chi connectivity index (χ3n) is 3.56. The second-order valence-corrected chi connectivity index (χ2v) is 6.85. The Morgan fingerprint density at radius 2 is 1.68 bits per heavy atom. The standard InChI is InChI=1S/C14H15FN4O2S/c15-12-1-3-13(4-2-12)22(20,21)19-9-7-18(8-10-19)14-11-16-5-6-17-14/h1-6,11H,7-10H2. The van der Waals surface area contributed by atoms with Gasteiger partial charge in [0.2, 0.25) is 10.0 Å². The first-order chi connectivity index (χ1) is 10.6. The molecule has 0 saturated carbocycles. The summed E-state index contributed by atoms with van der Waals surface area (Å²) in [4.78, 5) is 10.3. The molecule has 2 aromatic rings. The van der Waals surface area contributed by atoms with Gasteiger partial charge in [-0.2, -0.15) is 4.31 Å². The summed E-state index contributed by atoms with van der Waals surface area (Å²) in [6.07, 6.45) is 4.86. The van der Waals surface area contributed by atoms with E-state index in [2.05, 4.69) is 9.97 Å². The third kappa shape index (κ3) is 2.93. The average molecular weight is 322 g/mol. The van der Waals surface area contributed by atoms with Crippen molar-refractivity contribution in [2.75, 3.05) is 31.1 Å². The van der Waals surface area contributed by atoms with Crippen LogP contribution in [-0.4, -0.2) is 48.9 Å². The number of hydrogen-bond donors (Lipinski definition) is 0. The number of benzene rings is 1. The molecule has 3 rings (SSSR count). The molecule has 1 aromatic carbocycles. The summed E-state index contributed by atoms with van der Waals surface area (Å²) in [5.74, 6) is 0.285. The zero-order valence-electron chi connectivity index (χ0n) is 11.8. The van der Waals surface area contributed by atoms with Gasteiger partial charge in [-0.25, -0.2) is 17.8 Å². The Morgan fingerprint density at radius 3 is 2.27 bits per heavy atom. The molecule has 2 heterocycles. The molecular formula is C14H15FN4O2S. The van der Waals surface area contributed by atoms with E-state index in [9.17, 15) is 12.8 Å². The Hall–Kier alpha value is -2.06. The predicted molar refractivity (Wildman–Crippen MR) is 79.4 cm³/mol. The molecule has 0 bridgehead atoms. The van der Waals surface area contributed by atoms with Crippen LogP contribution in [-0.2, 0) is 10.0 Å². The molecule has 1 aromatic heterocycles. The molecule has 1 fully saturated rings. The van der Waals surface area contributed by atoms with Crippen molar-refractivity contribution in [2.45, 2.75) is 4.90 Å². The van der Waals surface area contributed by atoms with Crippen LogP contribution in [0.3, 0.4) is 0 Å². The fourth-order valence-corrected chi connectivity index (χ4v) is 3.79. The van der Waals surface area contributed by atoms with E-state index in [1.807, 2.05) is 4.90 Å². The molecule has 0 amide bonds. The predicted octanol–water partition coefficient (Wildman–Crippen LogP) is 1.13. The molecule has 0 N–H and O–H groups in total. The van der Waals surface area contributed by atoms with Gasteiger partial charge in [0.1, 0.15) is 11.6 Å². The summed E-state index contributed by atoms with van der Waals surface area (Å²) in [7, 11) is -3.58. The number of hydrogen-bond acceptors (Lipinski definition) is 5. The molecule has 1 aliphatic heterocycles. The molecule has 0 aliphatic carbocycles. The van der Waals surface area contributed by atoms with Gasteiger partial charge in [-0.3, -0.25) is 4.98 Å². The van der Waals surface area contributed by atoms with Gasteiger partial charge in [-0.15, -0.1) is 0 Å². The second kappa shape index (κ2) is 5.98. The van der Waals surface area contributed by atoms with Gasteiger partial charge >= 0.3 is 0 Å². The number of halogens is 1. The maximum Gasteiger partial charge on any atom is 0.243 e. The minimum Gasteiger partial charge on any atom is -0.353 e. The Balaban J connectivity index is 1.72. The molecule has 6 nitrogen and oxygen atoms in total. The molecule has 0 spiro atoms. The van der Waals surface area contributed by atoms with Gasteiger partial charge in [0.25, 0.3) is 0 Å². The first-order valence-electron chi connectivity index (χ1n) is 6.84. The highest BCUT2D eigenvalue weighted by molar-refractivity contribution is 7.89. The summed E-state index contributed by atoms with van der Waals surface area (Å²) < 4.78 is 39.3. The van der Waals surface area contributed by atoms with Crippen molar-refractivity contribution < 1.29 is 12.8 Å². The highest BCUT2D eigenvalue weighted by atomic mass is 32.2. The van der Waals surface area contributed by atoms with E-state index in [0.29, 0.717) is 26.2 Å². The highest BCUT2D eigenvalue weighted by Crippen LogP contribution is 2.19. The van der Waals surface area contributed by atoms with E-state index in [0.717, 1.165) is 18.0 Å². The van der Waals surface area contributed by atoms with E-state index < -0.39 is 15.8 Å². The van der Waals surface area contributed by atoms with Crippen molar-refractivity contribution in [2.24, 2.45) is 0 Å². The van der Waals surface area contributed by atoms with Crippen LogP contribution in [0.2, 0.25) is 0 Å². The zero-order valence-corrected chi connectivity index (χ0v) is 12.6. The van der Waals surface area contributed by atoms with Gasteiger partial charge in [-0.05, 0) is 24.3 Å². The van der Waals surface area contributed by atoms with Crippen molar-refractivity contribution >= 4 is 15.8 Å². The van der Waals surface area contributed by atoms with Crippen molar-refractivity contribution in [3.63, 3.8) is 0 Å². The van der Waals surface area contributed by atoms with Gasteiger partial charge in [0.05, 0.1) is 11.1 Å².